The van der Waals surface area contributed by atoms with Gasteiger partial charge in [0.1, 0.15) is 5.75 Å². The minimum absolute atomic E-state index is 0.0145. The lowest BCUT2D eigenvalue weighted by Gasteiger charge is -2.14. The van der Waals surface area contributed by atoms with Gasteiger partial charge in [0.05, 0.1) is 43.8 Å². The lowest BCUT2D eigenvalue weighted by molar-refractivity contribution is 0.0600. The number of nitrogens with one attached hydrogen (secondary N) is 1. The maximum absolute atomic E-state index is 12.4. The summed E-state index contributed by atoms with van der Waals surface area (Å²) >= 11 is 0. The number of carbonyl (C=O) groups is 2. The Bertz CT molecular complexity index is 819. The number of nitrogens with two attached hydrogens (primary N) is 1. The van der Waals surface area contributed by atoms with Crippen molar-refractivity contribution in [2.75, 3.05) is 32.4 Å². The Morgan fingerprint density at radius 3 is 2.40 bits per heavy atom. The van der Waals surface area contributed by atoms with Gasteiger partial charge in [0.2, 0.25) is 0 Å². The molecular weight excluding hydrogens is 328 g/mol. The van der Waals surface area contributed by atoms with Crippen molar-refractivity contribution in [2.45, 2.75) is 0 Å². The van der Waals surface area contributed by atoms with Crippen LogP contribution in [0, 0.1) is 0 Å². The number of anilines is 2. The van der Waals surface area contributed by atoms with Crippen molar-refractivity contribution in [1.29, 1.82) is 0 Å². The van der Waals surface area contributed by atoms with E-state index in [0.29, 0.717) is 5.69 Å². The summed E-state index contributed by atoms with van der Waals surface area (Å²) in [6.07, 6.45) is 0. The molecule has 25 heavy (non-hydrogen) atoms. The zero-order valence-electron chi connectivity index (χ0n) is 14.0. The highest BCUT2D eigenvalue weighted by atomic mass is 16.5. The summed E-state index contributed by atoms with van der Waals surface area (Å²) < 4.78 is 14.8. The van der Waals surface area contributed by atoms with Crippen molar-refractivity contribution >= 4 is 23.3 Å². The number of aromatic hydroxyl groups is 1. The molecule has 0 saturated heterocycles. The highest BCUT2D eigenvalue weighted by Gasteiger charge is 2.19. The molecule has 0 aliphatic rings. The SMILES string of the molecule is COC(=O)c1ccc(NC(=O)c2ccc(N)c(OC)c2O)c(OC)c1. The first kappa shape index (κ1) is 17.9. The van der Waals surface area contributed by atoms with Crippen molar-refractivity contribution < 1.29 is 28.9 Å². The number of amides is 1. The highest BCUT2D eigenvalue weighted by molar-refractivity contribution is 6.08. The molecule has 0 saturated carbocycles. The summed E-state index contributed by atoms with van der Waals surface area (Å²) in [6.45, 7) is 0. The van der Waals surface area contributed by atoms with Crippen LogP contribution in [0.3, 0.4) is 0 Å². The molecular formula is C17H18N2O6. The van der Waals surface area contributed by atoms with Gasteiger partial charge in [-0.15, -0.1) is 0 Å². The number of carbonyl (C=O) groups excluding carboxylic acids is 2. The normalized spacial score (nSPS) is 10.0. The van der Waals surface area contributed by atoms with Crippen LogP contribution in [0.2, 0.25) is 0 Å². The van der Waals surface area contributed by atoms with Crippen molar-refractivity contribution in [3.8, 4) is 17.2 Å². The van der Waals surface area contributed by atoms with Crippen LogP contribution >= 0.6 is 0 Å². The van der Waals surface area contributed by atoms with Crippen LogP contribution in [-0.2, 0) is 4.74 Å². The zero-order valence-corrected chi connectivity index (χ0v) is 14.0. The molecule has 0 bridgehead atoms. The predicted octanol–water partition coefficient (Wildman–Crippen LogP) is 2.03. The van der Waals surface area contributed by atoms with Gasteiger partial charge in [0, 0.05) is 0 Å². The van der Waals surface area contributed by atoms with Gasteiger partial charge < -0.3 is 30.4 Å². The van der Waals surface area contributed by atoms with Crippen LogP contribution in [0.15, 0.2) is 30.3 Å². The molecule has 2 aromatic rings. The van der Waals surface area contributed by atoms with Crippen molar-refractivity contribution in [3.05, 3.63) is 41.5 Å². The van der Waals surface area contributed by atoms with E-state index in [0.717, 1.165) is 0 Å². The Morgan fingerprint density at radius 2 is 1.80 bits per heavy atom. The lowest BCUT2D eigenvalue weighted by Crippen LogP contribution is -2.14. The first-order valence-corrected chi connectivity index (χ1v) is 7.16. The number of phenolic OH excluding ortho intramolecular Hbond substituents is 1. The maximum Gasteiger partial charge on any atom is 0.337 e. The van der Waals surface area contributed by atoms with Gasteiger partial charge in [0.25, 0.3) is 5.91 Å². The third kappa shape index (κ3) is 3.57. The molecule has 2 rings (SSSR count). The van der Waals surface area contributed by atoms with Gasteiger partial charge in [-0.25, -0.2) is 4.79 Å². The fourth-order valence-electron chi connectivity index (χ4n) is 2.21. The lowest BCUT2D eigenvalue weighted by atomic mass is 10.1. The molecule has 0 spiro atoms. The Morgan fingerprint density at radius 1 is 1.08 bits per heavy atom. The Labute approximate surface area is 144 Å². The third-order valence-corrected chi connectivity index (χ3v) is 3.48. The van der Waals surface area contributed by atoms with E-state index in [-0.39, 0.29) is 34.1 Å². The largest absolute Gasteiger partial charge is 0.504 e. The highest BCUT2D eigenvalue weighted by Crippen LogP contribution is 2.36. The van der Waals surface area contributed by atoms with E-state index in [1.807, 2.05) is 0 Å². The van der Waals surface area contributed by atoms with E-state index in [2.05, 4.69) is 10.1 Å². The number of ether oxygens (including phenoxy) is 3. The van der Waals surface area contributed by atoms with Crippen LogP contribution in [0.5, 0.6) is 17.2 Å². The number of hydrogen-bond acceptors (Lipinski definition) is 7. The summed E-state index contributed by atoms with van der Waals surface area (Å²) in [6, 6.07) is 7.23. The van der Waals surface area contributed by atoms with Gasteiger partial charge in [-0.05, 0) is 30.3 Å². The minimum Gasteiger partial charge on any atom is -0.504 e. The number of phenols is 1. The van der Waals surface area contributed by atoms with E-state index < -0.39 is 11.9 Å². The van der Waals surface area contributed by atoms with Crippen LogP contribution in [0.1, 0.15) is 20.7 Å². The second kappa shape index (κ2) is 7.43. The molecule has 0 unspecified atom stereocenters. The smallest absolute Gasteiger partial charge is 0.337 e. The Hall–Kier alpha value is -3.42. The number of nitrogen functional groups attached to an aromatic ring is 1. The maximum atomic E-state index is 12.4. The molecule has 1 amide bonds. The fourth-order valence-corrected chi connectivity index (χ4v) is 2.21. The number of benzene rings is 2. The van der Waals surface area contributed by atoms with Crippen molar-refractivity contribution in [3.63, 3.8) is 0 Å². The number of methoxy groups -OCH3 is 3. The van der Waals surface area contributed by atoms with Gasteiger partial charge in [-0.2, -0.15) is 0 Å². The molecule has 4 N–H and O–H groups in total. The molecule has 0 aliphatic carbocycles. The number of hydrogen-bond donors (Lipinski definition) is 3. The van der Waals surface area contributed by atoms with Gasteiger partial charge in [0.15, 0.2) is 11.5 Å². The van der Waals surface area contributed by atoms with Gasteiger partial charge in [-0.3, -0.25) is 4.79 Å². The summed E-state index contributed by atoms with van der Waals surface area (Å²) in [7, 11) is 4.00. The second-order valence-corrected chi connectivity index (χ2v) is 4.94. The Kier molecular flexibility index (Phi) is 5.33. The molecule has 0 radical (unpaired) electrons. The van der Waals surface area contributed by atoms with E-state index >= 15 is 0 Å². The van der Waals surface area contributed by atoms with Crippen LogP contribution in [0.25, 0.3) is 0 Å². The quantitative estimate of drug-likeness (QED) is 0.559. The summed E-state index contributed by atoms with van der Waals surface area (Å²) in [5.41, 5.74) is 6.45. The monoisotopic (exact) mass is 346 g/mol. The molecule has 0 heterocycles. The van der Waals surface area contributed by atoms with E-state index in [1.165, 1.54) is 51.7 Å². The minimum atomic E-state index is -0.597. The third-order valence-electron chi connectivity index (χ3n) is 3.48. The van der Waals surface area contributed by atoms with Crippen LogP contribution in [-0.4, -0.2) is 38.3 Å². The molecule has 0 aromatic heterocycles. The molecule has 0 aliphatic heterocycles. The van der Waals surface area contributed by atoms with Crippen molar-refractivity contribution in [2.24, 2.45) is 0 Å². The van der Waals surface area contributed by atoms with Crippen LogP contribution < -0.4 is 20.5 Å². The molecule has 8 nitrogen and oxygen atoms in total. The molecule has 2 aromatic carbocycles. The average Bonchev–Trinajstić information content (AvgIpc) is 2.61. The summed E-state index contributed by atoms with van der Waals surface area (Å²) in [5, 5.41) is 12.7. The summed E-state index contributed by atoms with van der Waals surface area (Å²) in [4.78, 5) is 24.0. The van der Waals surface area contributed by atoms with E-state index in [4.69, 9.17) is 15.2 Å². The molecule has 132 valence electrons. The molecule has 0 atom stereocenters. The standard InChI is InChI=1S/C17H18N2O6/c1-23-13-8-9(17(22)25-3)4-7-12(13)19-16(21)10-5-6-11(18)15(24-2)14(10)20/h4-8,20H,18H2,1-3H3,(H,19,21). The number of esters is 1. The van der Waals surface area contributed by atoms with Crippen molar-refractivity contribution in [1.82, 2.24) is 0 Å². The zero-order chi connectivity index (χ0) is 18.6. The fraction of sp³-hybridized carbons (Fsp3) is 0.176. The number of rotatable bonds is 5. The summed E-state index contributed by atoms with van der Waals surface area (Å²) in [5.74, 6) is -1.22. The molecule has 0 fully saturated rings. The first-order chi connectivity index (χ1) is 11.9. The second-order valence-electron chi connectivity index (χ2n) is 4.94. The molecule has 8 heteroatoms. The predicted molar refractivity (Wildman–Crippen MR) is 91.4 cm³/mol. The average molecular weight is 346 g/mol. The van der Waals surface area contributed by atoms with Gasteiger partial charge in [-0.1, -0.05) is 0 Å². The van der Waals surface area contributed by atoms with Crippen LogP contribution in [0.4, 0.5) is 11.4 Å². The van der Waals surface area contributed by atoms with E-state index in [9.17, 15) is 14.7 Å². The topological polar surface area (TPSA) is 120 Å². The van der Waals surface area contributed by atoms with E-state index in [1.54, 1.807) is 0 Å². The first-order valence-electron chi connectivity index (χ1n) is 7.16. The Balaban J connectivity index is 2.34. The van der Waals surface area contributed by atoms with Gasteiger partial charge >= 0.3 is 5.97 Å².